The Morgan fingerprint density at radius 2 is 1.82 bits per heavy atom. The number of nitrogens with zero attached hydrogens (tertiary/aromatic N) is 2. The molecular formula is C19H24N2O. The fourth-order valence-electron chi connectivity index (χ4n) is 2.50. The molecule has 2 rings (SSSR count). The van der Waals surface area contributed by atoms with Crippen LogP contribution < -0.4 is 0 Å². The summed E-state index contributed by atoms with van der Waals surface area (Å²) < 4.78 is 0. The van der Waals surface area contributed by atoms with E-state index in [1.165, 1.54) is 5.56 Å². The maximum Gasteiger partial charge on any atom is 0.223 e. The largest absolute Gasteiger partial charge is 0.336 e. The Labute approximate surface area is 133 Å². The van der Waals surface area contributed by atoms with Gasteiger partial charge >= 0.3 is 0 Å². The third-order valence-electron chi connectivity index (χ3n) is 3.87. The molecule has 0 aliphatic carbocycles. The lowest BCUT2D eigenvalue weighted by Gasteiger charge is -2.28. The van der Waals surface area contributed by atoms with Gasteiger partial charge in [-0.15, -0.1) is 0 Å². The summed E-state index contributed by atoms with van der Waals surface area (Å²) >= 11 is 0. The fraction of sp³-hybridized carbons (Fsp3) is 0.368. The lowest BCUT2D eigenvalue weighted by atomic mass is 9.98. The summed E-state index contributed by atoms with van der Waals surface area (Å²) in [6.07, 6.45) is 4.11. The SMILES string of the molecule is CC(CC(=O)N(Cc1ccccc1)C(C)C)c1cccnc1. The third kappa shape index (κ3) is 4.42. The summed E-state index contributed by atoms with van der Waals surface area (Å²) in [5.74, 6) is 0.369. The molecule has 0 radical (unpaired) electrons. The first-order chi connectivity index (χ1) is 10.6. The molecule has 1 atom stereocenters. The Balaban J connectivity index is 2.04. The van der Waals surface area contributed by atoms with E-state index in [1.807, 2.05) is 41.4 Å². The van der Waals surface area contributed by atoms with Crippen LogP contribution in [0.25, 0.3) is 0 Å². The summed E-state index contributed by atoms with van der Waals surface area (Å²) in [6, 6.07) is 14.3. The second-order valence-corrected chi connectivity index (χ2v) is 5.99. The number of rotatable bonds is 6. The van der Waals surface area contributed by atoms with Gasteiger partial charge in [-0.25, -0.2) is 0 Å². The Morgan fingerprint density at radius 3 is 2.41 bits per heavy atom. The molecule has 3 heteroatoms. The number of pyridine rings is 1. The fourth-order valence-corrected chi connectivity index (χ4v) is 2.50. The van der Waals surface area contributed by atoms with Crippen LogP contribution in [0.15, 0.2) is 54.9 Å². The van der Waals surface area contributed by atoms with Crippen LogP contribution in [0.2, 0.25) is 0 Å². The molecule has 0 aliphatic heterocycles. The Bertz CT molecular complexity index is 581. The van der Waals surface area contributed by atoms with Gasteiger partial charge < -0.3 is 4.90 Å². The number of aromatic nitrogens is 1. The lowest BCUT2D eigenvalue weighted by Crippen LogP contribution is -2.36. The number of amides is 1. The summed E-state index contributed by atoms with van der Waals surface area (Å²) in [7, 11) is 0. The average molecular weight is 296 g/mol. The van der Waals surface area contributed by atoms with Gasteiger partial charge in [-0.3, -0.25) is 9.78 Å². The molecule has 0 saturated heterocycles. The van der Waals surface area contributed by atoms with E-state index in [-0.39, 0.29) is 17.9 Å². The predicted molar refractivity (Wildman–Crippen MR) is 89.4 cm³/mol. The maximum atomic E-state index is 12.7. The van der Waals surface area contributed by atoms with E-state index >= 15 is 0 Å². The molecule has 1 amide bonds. The molecule has 0 bridgehead atoms. The zero-order chi connectivity index (χ0) is 15.9. The molecule has 116 valence electrons. The highest BCUT2D eigenvalue weighted by Crippen LogP contribution is 2.20. The van der Waals surface area contributed by atoms with Crippen LogP contribution in [-0.2, 0) is 11.3 Å². The standard InChI is InChI=1S/C19H24N2O/c1-15(2)21(14-17-8-5-4-6-9-17)19(22)12-16(3)18-10-7-11-20-13-18/h4-11,13,15-16H,12,14H2,1-3H3. The quantitative estimate of drug-likeness (QED) is 0.807. The number of carbonyl (C=O) groups excluding carboxylic acids is 1. The van der Waals surface area contributed by atoms with Gasteiger partial charge in [-0.2, -0.15) is 0 Å². The van der Waals surface area contributed by atoms with E-state index in [4.69, 9.17) is 0 Å². The Morgan fingerprint density at radius 1 is 1.09 bits per heavy atom. The van der Waals surface area contributed by atoms with E-state index in [0.29, 0.717) is 13.0 Å². The van der Waals surface area contributed by atoms with Gasteiger partial charge in [-0.1, -0.05) is 43.3 Å². The van der Waals surface area contributed by atoms with E-state index in [0.717, 1.165) is 5.56 Å². The Hall–Kier alpha value is -2.16. The molecule has 0 saturated carbocycles. The van der Waals surface area contributed by atoms with Crippen molar-refractivity contribution < 1.29 is 4.79 Å². The van der Waals surface area contributed by atoms with Crippen LogP contribution in [0.1, 0.15) is 44.2 Å². The summed E-state index contributed by atoms with van der Waals surface area (Å²) in [5.41, 5.74) is 2.28. The van der Waals surface area contributed by atoms with Gasteiger partial charge in [0.15, 0.2) is 0 Å². The first-order valence-corrected chi connectivity index (χ1v) is 7.81. The van der Waals surface area contributed by atoms with Gasteiger partial charge in [-0.05, 0) is 37.0 Å². The topological polar surface area (TPSA) is 33.2 Å². The molecule has 1 aromatic carbocycles. The van der Waals surface area contributed by atoms with Gasteiger partial charge in [0.1, 0.15) is 0 Å². The highest BCUT2D eigenvalue weighted by atomic mass is 16.2. The van der Waals surface area contributed by atoms with E-state index < -0.39 is 0 Å². The molecule has 1 aromatic heterocycles. The van der Waals surface area contributed by atoms with Crippen LogP contribution in [0.3, 0.4) is 0 Å². The molecule has 3 nitrogen and oxygen atoms in total. The smallest absolute Gasteiger partial charge is 0.223 e. The molecule has 1 heterocycles. The first-order valence-electron chi connectivity index (χ1n) is 7.81. The summed E-state index contributed by atoms with van der Waals surface area (Å²) in [5, 5.41) is 0. The van der Waals surface area contributed by atoms with Gasteiger partial charge in [0.05, 0.1) is 0 Å². The van der Waals surface area contributed by atoms with Crippen molar-refractivity contribution in [3.05, 3.63) is 66.0 Å². The van der Waals surface area contributed by atoms with Crippen LogP contribution >= 0.6 is 0 Å². The predicted octanol–water partition coefficient (Wildman–Crippen LogP) is 4.01. The minimum absolute atomic E-state index is 0.179. The molecule has 1 unspecified atom stereocenters. The molecular weight excluding hydrogens is 272 g/mol. The van der Waals surface area contributed by atoms with Crippen molar-refractivity contribution in [2.24, 2.45) is 0 Å². The zero-order valence-electron chi connectivity index (χ0n) is 13.6. The minimum Gasteiger partial charge on any atom is -0.336 e. The molecule has 0 fully saturated rings. The first kappa shape index (κ1) is 16.2. The van der Waals surface area contributed by atoms with Crippen molar-refractivity contribution in [3.63, 3.8) is 0 Å². The van der Waals surface area contributed by atoms with Crippen LogP contribution in [0.4, 0.5) is 0 Å². The van der Waals surface area contributed by atoms with Crippen molar-refractivity contribution in [1.29, 1.82) is 0 Å². The van der Waals surface area contributed by atoms with Crippen molar-refractivity contribution in [3.8, 4) is 0 Å². The number of hydrogen-bond donors (Lipinski definition) is 0. The maximum absolute atomic E-state index is 12.7. The minimum atomic E-state index is 0.179. The van der Waals surface area contributed by atoms with Gasteiger partial charge in [0, 0.05) is 31.4 Å². The lowest BCUT2D eigenvalue weighted by molar-refractivity contribution is -0.133. The highest BCUT2D eigenvalue weighted by molar-refractivity contribution is 5.77. The second kappa shape index (κ2) is 7.74. The molecule has 0 aliphatic rings. The number of hydrogen-bond acceptors (Lipinski definition) is 2. The molecule has 2 aromatic rings. The van der Waals surface area contributed by atoms with Crippen molar-refractivity contribution in [2.75, 3.05) is 0 Å². The number of carbonyl (C=O) groups is 1. The van der Waals surface area contributed by atoms with Gasteiger partial charge in [0.2, 0.25) is 5.91 Å². The third-order valence-corrected chi connectivity index (χ3v) is 3.87. The van der Waals surface area contributed by atoms with E-state index in [9.17, 15) is 4.79 Å². The van der Waals surface area contributed by atoms with Crippen molar-refractivity contribution in [2.45, 2.75) is 45.7 Å². The summed E-state index contributed by atoms with van der Waals surface area (Å²) in [4.78, 5) is 18.8. The molecule has 0 spiro atoms. The monoisotopic (exact) mass is 296 g/mol. The second-order valence-electron chi connectivity index (χ2n) is 5.99. The van der Waals surface area contributed by atoms with E-state index in [1.54, 1.807) is 6.20 Å². The normalized spacial score (nSPS) is 12.2. The van der Waals surface area contributed by atoms with Crippen molar-refractivity contribution in [1.82, 2.24) is 9.88 Å². The van der Waals surface area contributed by atoms with E-state index in [2.05, 4.69) is 37.9 Å². The Kier molecular flexibility index (Phi) is 5.70. The van der Waals surface area contributed by atoms with Gasteiger partial charge in [0.25, 0.3) is 0 Å². The highest BCUT2D eigenvalue weighted by Gasteiger charge is 2.20. The molecule has 22 heavy (non-hydrogen) atoms. The van der Waals surface area contributed by atoms with Crippen LogP contribution in [0.5, 0.6) is 0 Å². The summed E-state index contributed by atoms with van der Waals surface area (Å²) in [6.45, 7) is 6.87. The zero-order valence-corrected chi connectivity index (χ0v) is 13.6. The number of benzene rings is 1. The van der Waals surface area contributed by atoms with Crippen molar-refractivity contribution >= 4 is 5.91 Å². The average Bonchev–Trinajstić information content (AvgIpc) is 2.54. The molecule has 0 N–H and O–H groups in total. The van der Waals surface area contributed by atoms with Crippen LogP contribution in [-0.4, -0.2) is 21.8 Å². The van der Waals surface area contributed by atoms with Crippen LogP contribution in [0, 0.1) is 0 Å².